The Hall–Kier alpha value is -2.30. The summed E-state index contributed by atoms with van der Waals surface area (Å²) in [5.41, 5.74) is 0.941. The van der Waals surface area contributed by atoms with E-state index in [-0.39, 0.29) is 6.03 Å². The number of carbonyl (C=O) groups excluding carboxylic acids is 1. The summed E-state index contributed by atoms with van der Waals surface area (Å²) in [6.07, 6.45) is 2.14. The number of hydrogen-bond acceptors (Lipinski definition) is 3. The second-order valence-corrected chi connectivity index (χ2v) is 4.57. The van der Waals surface area contributed by atoms with E-state index in [2.05, 4.69) is 10.5 Å². The number of hydrogen-bond donors (Lipinski definition) is 1. The van der Waals surface area contributed by atoms with Crippen molar-refractivity contribution in [3.63, 3.8) is 0 Å². The smallest absolute Gasteiger partial charge is 0.323 e. The average molecular weight is 257 g/mol. The van der Waals surface area contributed by atoms with Gasteiger partial charge in [-0.1, -0.05) is 35.5 Å². The molecule has 98 valence electrons. The number of nitrogens with zero attached hydrogens (tertiary/aromatic N) is 2. The lowest BCUT2D eigenvalue weighted by molar-refractivity contribution is 0.222. The van der Waals surface area contributed by atoms with Gasteiger partial charge in [-0.3, -0.25) is 5.32 Å². The van der Waals surface area contributed by atoms with Gasteiger partial charge in [0, 0.05) is 24.7 Å². The molecule has 5 heteroatoms. The maximum absolute atomic E-state index is 11.9. The number of anilines is 1. The molecule has 3 rings (SSSR count). The molecule has 0 spiro atoms. The molecule has 0 radical (unpaired) electrons. The topological polar surface area (TPSA) is 58.4 Å². The fourth-order valence-corrected chi connectivity index (χ4v) is 2.18. The monoisotopic (exact) mass is 257 g/mol. The standard InChI is InChI=1S/C14H15N3O2/c18-14(17-8-4-5-9-17)15-13-10-12(19-16-13)11-6-2-1-3-7-11/h1-3,6-7,10H,4-5,8-9H2,(H,15,16,18). The Kier molecular flexibility index (Phi) is 3.18. The van der Waals surface area contributed by atoms with E-state index in [1.54, 1.807) is 11.0 Å². The Morgan fingerprint density at radius 1 is 1.21 bits per heavy atom. The van der Waals surface area contributed by atoms with Crippen LogP contribution in [0.15, 0.2) is 40.9 Å². The van der Waals surface area contributed by atoms with Crippen molar-refractivity contribution >= 4 is 11.8 Å². The largest absolute Gasteiger partial charge is 0.354 e. The van der Waals surface area contributed by atoms with Gasteiger partial charge in [0.2, 0.25) is 0 Å². The van der Waals surface area contributed by atoms with Crippen LogP contribution in [0.4, 0.5) is 10.6 Å². The van der Waals surface area contributed by atoms with E-state index in [1.165, 1.54) is 0 Å². The summed E-state index contributed by atoms with van der Waals surface area (Å²) >= 11 is 0. The predicted octanol–water partition coefficient (Wildman–Crippen LogP) is 2.97. The molecule has 0 atom stereocenters. The number of amides is 2. The van der Waals surface area contributed by atoms with Crippen molar-refractivity contribution in [2.75, 3.05) is 18.4 Å². The molecular weight excluding hydrogens is 242 g/mol. The molecule has 0 unspecified atom stereocenters. The van der Waals surface area contributed by atoms with Crippen molar-refractivity contribution in [3.8, 4) is 11.3 Å². The number of carbonyl (C=O) groups is 1. The van der Waals surface area contributed by atoms with E-state index in [0.29, 0.717) is 11.6 Å². The summed E-state index contributed by atoms with van der Waals surface area (Å²) in [6.45, 7) is 1.63. The van der Waals surface area contributed by atoms with Gasteiger partial charge in [-0.15, -0.1) is 0 Å². The molecule has 1 saturated heterocycles. The van der Waals surface area contributed by atoms with Gasteiger partial charge in [-0.2, -0.15) is 0 Å². The van der Waals surface area contributed by atoms with E-state index in [1.807, 2.05) is 30.3 Å². The molecule has 0 aliphatic carbocycles. The predicted molar refractivity (Wildman–Crippen MR) is 71.8 cm³/mol. The highest BCUT2D eigenvalue weighted by atomic mass is 16.5. The fraction of sp³-hybridized carbons (Fsp3) is 0.286. The zero-order chi connectivity index (χ0) is 13.1. The van der Waals surface area contributed by atoms with E-state index in [9.17, 15) is 4.79 Å². The summed E-state index contributed by atoms with van der Waals surface area (Å²) in [4.78, 5) is 13.7. The van der Waals surface area contributed by atoms with Gasteiger partial charge < -0.3 is 9.42 Å². The number of likely N-dealkylation sites (tertiary alicyclic amines) is 1. The van der Waals surface area contributed by atoms with E-state index >= 15 is 0 Å². The molecule has 1 fully saturated rings. The minimum atomic E-state index is -0.106. The van der Waals surface area contributed by atoms with Crippen LogP contribution in [0.3, 0.4) is 0 Å². The Morgan fingerprint density at radius 3 is 2.68 bits per heavy atom. The number of nitrogens with one attached hydrogen (secondary N) is 1. The fourth-order valence-electron chi connectivity index (χ4n) is 2.18. The average Bonchev–Trinajstić information content (AvgIpc) is 3.11. The lowest BCUT2D eigenvalue weighted by atomic mass is 10.2. The van der Waals surface area contributed by atoms with E-state index < -0.39 is 0 Å². The van der Waals surface area contributed by atoms with Gasteiger partial charge in [0.25, 0.3) is 0 Å². The van der Waals surface area contributed by atoms with Gasteiger partial charge >= 0.3 is 6.03 Å². The summed E-state index contributed by atoms with van der Waals surface area (Å²) < 4.78 is 5.23. The number of urea groups is 1. The van der Waals surface area contributed by atoms with Crippen LogP contribution < -0.4 is 5.32 Å². The lowest BCUT2D eigenvalue weighted by Crippen LogP contribution is -2.32. The van der Waals surface area contributed by atoms with Gasteiger partial charge in [0.15, 0.2) is 11.6 Å². The highest BCUT2D eigenvalue weighted by Gasteiger charge is 2.19. The maximum atomic E-state index is 11.9. The highest BCUT2D eigenvalue weighted by Crippen LogP contribution is 2.22. The third-order valence-electron chi connectivity index (χ3n) is 3.20. The van der Waals surface area contributed by atoms with Gasteiger partial charge in [0.05, 0.1) is 0 Å². The molecule has 1 aromatic carbocycles. The van der Waals surface area contributed by atoms with Crippen LogP contribution >= 0.6 is 0 Å². The summed E-state index contributed by atoms with van der Waals surface area (Å²) in [6, 6.07) is 11.3. The molecule has 1 N–H and O–H groups in total. The number of rotatable bonds is 2. The summed E-state index contributed by atoms with van der Waals surface area (Å²) in [5, 5.41) is 6.63. The third-order valence-corrected chi connectivity index (χ3v) is 3.20. The first-order chi connectivity index (χ1) is 9.33. The SMILES string of the molecule is O=C(Nc1cc(-c2ccccc2)on1)N1CCCC1. The van der Waals surface area contributed by atoms with Crippen molar-refractivity contribution in [2.24, 2.45) is 0 Å². The first-order valence-electron chi connectivity index (χ1n) is 6.41. The quantitative estimate of drug-likeness (QED) is 0.899. The summed E-state index contributed by atoms with van der Waals surface area (Å²) in [5.74, 6) is 1.10. The van der Waals surface area contributed by atoms with Crippen LogP contribution in [0.2, 0.25) is 0 Å². The Balaban J connectivity index is 1.70. The lowest BCUT2D eigenvalue weighted by Gasteiger charge is -2.14. The molecule has 0 bridgehead atoms. The molecule has 5 nitrogen and oxygen atoms in total. The molecule has 19 heavy (non-hydrogen) atoms. The number of aromatic nitrogens is 1. The van der Waals surface area contributed by atoms with Crippen LogP contribution in [-0.2, 0) is 0 Å². The van der Waals surface area contributed by atoms with E-state index in [4.69, 9.17) is 4.52 Å². The van der Waals surface area contributed by atoms with Crippen molar-refractivity contribution in [3.05, 3.63) is 36.4 Å². The second kappa shape index (κ2) is 5.14. The van der Waals surface area contributed by atoms with Crippen molar-refractivity contribution < 1.29 is 9.32 Å². The van der Waals surface area contributed by atoms with Crippen LogP contribution in [0.25, 0.3) is 11.3 Å². The molecule has 1 aliphatic heterocycles. The molecule has 2 aromatic rings. The Labute approximate surface area is 111 Å². The number of benzene rings is 1. The van der Waals surface area contributed by atoms with Crippen LogP contribution in [0.5, 0.6) is 0 Å². The minimum absolute atomic E-state index is 0.106. The van der Waals surface area contributed by atoms with Crippen LogP contribution in [-0.4, -0.2) is 29.2 Å². The molecule has 1 aliphatic rings. The maximum Gasteiger partial charge on any atom is 0.323 e. The first kappa shape index (κ1) is 11.8. The third kappa shape index (κ3) is 2.59. The van der Waals surface area contributed by atoms with Gasteiger partial charge in [0.1, 0.15) is 0 Å². The van der Waals surface area contributed by atoms with Crippen molar-refractivity contribution in [2.45, 2.75) is 12.8 Å². The zero-order valence-corrected chi connectivity index (χ0v) is 10.5. The summed E-state index contributed by atoms with van der Waals surface area (Å²) in [7, 11) is 0. The van der Waals surface area contributed by atoms with Gasteiger partial charge in [-0.05, 0) is 12.8 Å². The minimum Gasteiger partial charge on any atom is -0.354 e. The Bertz CT molecular complexity index is 559. The van der Waals surface area contributed by atoms with Crippen LogP contribution in [0, 0.1) is 0 Å². The molecule has 2 amide bonds. The molecular formula is C14H15N3O2. The molecule has 2 heterocycles. The normalized spacial score (nSPS) is 14.6. The van der Waals surface area contributed by atoms with Gasteiger partial charge in [-0.25, -0.2) is 4.79 Å². The second-order valence-electron chi connectivity index (χ2n) is 4.57. The first-order valence-corrected chi connectivity index (χ1v) is 6.41. The zero-order valence-electron chi connectivity index (χ0n) is 10.5. The highest BCUT2D eigenvalue weighted by molar-refractivity contribution is 5.88. The van der Waals surface area contributed by atoms with Crippen LogP contribution in [0.1, 0.15) is 12.8 Å². The van der Waals surface area contributed by atoms with Crippen molar-refractivity contribution in [1.29, 1.82) is 0 Å². The van der Waals surface area contributed by atoms with E-state index in [0.717, 1.165) is 31.5 Å². The molecule has 1 aromatic heterocycles. The molecule has 0 saturated carbocycles. The Morgan fingerprint density at radius 2 is 1.95 bits per heavy atom. The van der Waals surface area contributed by atoms with Crippen molar-refractivity contribution in [1.82, 2.24) is 10.1 Å².